The average molecular weight is 229 g/mol. The van der Waals surface area contributed by atoms with E-state index in [0.717, 1.165) is 19.4 Å². The highest BCUT2D eigenvalue weighted by atomic mass is 15.0. The van der Waals surface area contributed by atoms with E-state index in [0.29, 0.717) is 6.54 Å². The Hall–Kier alpha value is -1.32. The van der Waals surface area contributed by atoms with Crippen molar-refractivity contribution in [1.82, 2.24) is 10.3 Å². The maximum absolute atomic E-state index is 5.74. The number of para-hydroxylation sites is 1. The zero-order chi connectivity index (χ0) is 11.9. The lowest BCUT2D eigenvalue weighted by atomic mass is 9.86. The quantitative estimate of drug-likeness (QED) is 0.736. The first-order valence-corrected chi connectivity index (χ1v) is 6.30. The maximum atomic E-state index is 5.74. The van der Waals surface area contributed by atoms with Gasteiger partial charge in [-0.25, -0.2) is 0 Å². The lowest BCUT2D eigenvalue weighted by Crippen LogP contribution is -2.46. The Balaban J connectivity index is 2.20. The molecule has 4 N–H and O–H groups in total. The van der Waals surface area contributed by atoms with Crippen LogP contribution >= 0.6 is 0 Å². The largest absolute Gasteiger partial charge is 0.357 e. The van der Waals surface area contributed by atoms with E-state index in [2.05, 4.69) is 41.5 Å². The van der Waals surface area contributed by atoms with Gasteiger partial charge < -0.3 is 16.0 Å². The number of nitrogens with one attached hydrogen (secondary N) is 2. The standard InChI is InChI=1S/C14H19N3/c1-14(7-8-15)13-11(6-9-16-14)10-4-2-3-5-12(10)17-13/h2-5,16-17H,6-9,15H2,1H3. The van der Waals surface area contributed by atoms with Crippen LogP contribution in [-0.4, -0.2) is 18.1 Å². The molecule has 3 heteroatoms. The summed E-state index contributed by atoms with van der Waals surface area (Å²) in [5.41, 5.74) is 9.78. The average Bonchev–Trinajstić information content (AvgIpc) is 2.70. The number of hydrogen-bond donors (Lipinski definition) is 3. The molecule has 2 heterocycles. The van der Waals surface area contributed by atoms with Crippen LogP contribution in [-0.2, 0) is 12.0 Å². The molecule has 3 nitrogen and oxygen atoms in total. The molecule has 0 amide bonds. The molecule has 90 valence electrons. The van der Waals surface area contributed by atoms with Crippen molar-refractivity contribution in [1.29, 1.82) is 0 Å². The fourth-order valence-electron chi connectivity index (χ4n) is 2.98. The number of hydrogen-bond acceptors (Lipinski definition) is 2. The van der Waals surface area contributed by atoms with E-state index in [-0.39, 0.29) is 5.54 Å². The van der Waals surface area contributed by atoms with Gasteiger partial charge in [0.15, 0.2) is 0 Å². The molecule has 1 aliphatic heterocycles. The summed E-state index contributed by atoms with van der Waals surface area (Å²) < 4.78 is 0. The number of rotatable bonds is 2. The highest BCUT2D eigenvalue weighted by Gasteiger charge is 2.33. The summed E-state index contributed by atoms with van der Waals surface area (Å²) >= 11 is 0. The van der Waals surface area contributed by atoms with Gasteiger partial charge in [-0.3, -0.25) is 0 Å². The summed E-state index contributed by atoms with van der Waals surface area (Å²) in [6, 6.07) is 8.55. The molecule has 1 atom stereocenters. The van der Waals surface area contributed by atoms with Crippen LogP contribution < -0.4 is 11.1 Å². The topological polar surface area (TPSA) is 53.8 Å². The van der Waals surface area contributed by atoms with Crippen LogP contribution in [0, 0.1) is 0 Å². The van der Waals surface area contributed by atoms with Crippen LogP contribution in [0.15, 0.2) is 24.3 Å². The summed E-state index contributed by atoms with van der Waals surface area (Å²) in [4.78, 5) is 3.57. The molecule has 0 fully saturated rings. The SMILES string of the molecule is CC1(CCN)NCCc2c1[nH]c1ccccc21. The van der Waals surface area contributed by atoms with Gasteiger partial charge in [0.05, 0.1) is 5.54 Å². The number of H-pyrrole nitrogens is 1. The Morgan fingerprint density at radius 3 is 3.00 bits per heavy atom. The number of nitrogens with two attached hydrogens (primary N) is 1. The summed E-state index contributed by atoms with van der Waals surface area (Å²) in [6.07, 6.45) is 2.06. The normalized spacial score (nSPS) is 23.9. The van der Waals surface area contributed by atoms with Gasteiger partial charge >= 0.3 is 0 Å². The van der Waals surface area contributed by atoms with Gasteiger partial charge in [-0.05, 0) is 37.9 Å². The predicted molar refractivity (Wildman–Crippen MR) is 71.0 cm³/mol. The number of aromatic nitrogens is 1. The van der Waals surface area contributed by atoms with Crippen LogP contribution in [0.5, 0.6) is 0 Å². The van der Waals surface area contributed by atoms with E-state index in [9.17, 15) is 0 Å². The third-order valence-corrected chi connectivity index (χ3v) is 3.90. The summed E-state index contributed by atoms with van der Waals surface area (Å²) in [7, 11) is 0. The van der Waals surface area contributed by atoms with Gasteiger partial charge in [-0.2, -0.15) is 0 Å². The first-order valence-electron chi connectivity index (χ1n) is 6.30. The van der Waals surface area contributed by atoms with Gasteiger partial charge in [0.25, 0.3) is 0 Å². The van der Waals surface area contributed by atoms with Gasteiger partial charge in [0, 0.05) is 23.1 Å². The lowest BCUT2D eigenvalue weighted by molar-refractivity contribution is 0.321. The summed E-state index contributed by atoms with van der Waals surface area (Å²) in [5, 5.41) is 4.97. The third-order valence-electron chi connectivity index (χ3n) is 3.90. The lowest BCUT2D eigenvalue weighted by Gasteiger charge is -2.35. The number of aromatic amines is 1. The number of benzene rings is 1. The molecule has 1 aromatic heterocycles. The Morgan fingerprint density at radius 1 is 1.35 bits per heavy atom. The maximum Gasteiger partial charge on any atom is 0.0573 e. The molecule has 0 bridgehead atoms. The third kappa shape index (κ3) is 1.58. The van der Waals surface area contributed by atoms with Crippen LogP contribution in [0.25, 0.3) is 10.9 Å². The molecule has 0 radical (unpaired) electrons. The minimum Gasteiger partial charge on any atom is -0.357 e. The zero-order valence-electron chi connectivity index (χ0n) is 10.2. The van der Waals surface area contributed by atoms with Crippen LogP contribution in [0.1, 0.15) is 24.6 Å². The van der Waals surface area contributed by atoms with Gasteiger partial charge in [-0.15, -0.1) is 0 Å². The Labute approximate surface area is 101 Å². The molecule has 0 spiro atoms. The van der Waals surface area contributed by atoms with Crippen molar-refractivity contribution >= 4 is 10.9 Å². The first kappa shape index (κ1) is 10.8. The second-order valence-electron chi connectivity index (χ2n) is 5.07. The Bertz CT molecular complexity index is 543. The van der Waals surface area contributed by atoms with E-state index in [1.165, 1.54) is 22.2 Å². The van der Waals surface area contributed by atoms with Crippen molar-refractivity contribution in [2.24, 2.45) is 5.73 Å². The predicted octanol–water partition coefficient (Wildman–Crippen LogP) is 1.88. The molecular formula is C14H19N3. The zero-order valence-corrected chi connectivity index (χ0v) is 10.2. The number of fused-ring (bicyclic) bond motifs is 3. The van der Waals surface area contributed by atoms with Gasteiger partial charge in [0.2, 0.25) is 0 Å². The molecule has 2 aromatic rings. The van der Waals surface area contributed by atoms with Crippen LogP contribution in [0.3, 0.4) is 0 Å². The van der Waals surface area contributed by atoms with E-state index in [1.54, 1.807) is 0 Å². The van der Waals surface area contributed by atoms with Gasteiger partial charge in [0.1, 0.15) is 0 Å². The van der Waals surface area contributed by atoms with E-state index >= 15 is 0 Å². The molecule has 1 aromatic carbocycles. The smallest absolute Gasteiger partial charge is 0.0573 e. The highest BCUT2D eigenvalue weighted by Crippen LogP contribution is 2.34. The molecule has 0 aliphatic carbocycles. The molecule has 3 rings (SSSR count). The van der Waals surface area contributed by atoms with E-state index < -0.39 is 0 Å². The molecule has 1 unspecified atom stereocenters. The van der Waals surface area contributed by atoms with E-state index in [1.807, 2.05) is 0 Å². The molecule has 0 saturated heterocycles. The fourth-order valence-corrected chi connectivity index (χ4v) is 2.98. The Morgan fingerprint density at radius 2 is 2.18 bits per heavy atom. The van der Waals surface area contributed by atoms with Gasteiger partial charge in [-0.1, -0.05) is 18.2 Å². The molecule has 1 aliphatic rings. The second-order valence-corrected chi connectivity index (χ2v) is 5.07. The second kappa shape index (κ2) is 3.86. The minimum absolute atomic E-state index is 0.00134. The minimum atomic E-state index is 0.00134. The van der Waals surface area contributed by atoms with Crippen molar-refractivity contribution in [3.8, 4) is 0 Å². The summed E-state index contributed by atoms with van der Waals surface area (Å²) in [6.45, 7) is 3.98. The van der Waals surface area contributed by atoms with E-state index in [4.69, 9.17) is 5.73 Å². The van der Waals surface area contributed by atoms with Crippen molar-refractivity contribution in [2.75, 3.05) is 13.1 Å². The van der Waals surface area contributed by atoms with Crippen molar-refractivity contribution in [2.45, 2.75) is 25.3 Å². The van der Waals surface area contributed by atoms with Crippen LogP contribution in [0.4, 0.5) is 0 Å². The van der Waals surface area contributed by atoms with Crippen molar-refractivity contribution in [3.63, 3.8) is 0 Å². The molecular weight excluding hydrogens is 210 g/mol. The van der Waals surface area contributed by atoms with Crippen molar-refractivity contribution in [3.05, 3.63) is 35.5 Å². The summed E-state index contributed by atoms with van der Waals surface area (Å²) in [5.74, 6) is 0. The van der Waals surface area contributed by atoms with Crippen LogP contribution in [0.2, 0.25) is 0 Å². The van der Waals surface area contributed by atoms with Crippen molar-refractivity contribution < 1.29 is 0 Å². The Kier molecular flexibility index (Phi) is 2.45. The monoisotopic (exact) mass is 229 g/mol. The first-order chi connectivity index (χ1) is 8.24. The highest BCUT2D eigenvalue weighted by molar-refractivity contribution is 5.85. The molecule has 17 heavy (non-hydrogen) atoms. The molecule has 0 saturated carbocycles. The fraction of sp³-hybridized carbons (Fsp3) is 0.429.